The van der Waals surface area contributed by atoms with E-state index < -0.39 is 11.7 Å². The highest BCUT2D eigenvalue weighted by Gasteiger charge is 2.15. The molecule has 0 unspecified atom stereocenters. The minimum atomic E-state index is -0.510. The zero-order valence-corrected chi connectivity index (χ0v) is 15.7. The van der Waals surface area contributed by atoms with Gasteiger partial charge in [-0.15, -0.1) is 16.8 Å². The third-order valence-electron chi connectivity index (χ3n) is 3.06. The van der Waals surface area contributed by atoms with Crippen LogP contribution in [0.3, 0.4) is 0 Å². The summed E-state index contributed by atoms with van der Waals surface area (Å²) in [6, 6.07) is 0. The van der Waals surface area contributed by atoms with Crippen LogP contribution in [0.5, 0.6) is 0 Å². The molecule has 0 fully saturated rings. The summed E-state index contributed by atoms with van der Waals surface area (Å²) >= 11 is 0. The molecule has 3 N–H and O–H groups in total. The Morgan fingerprint density at radius 3 is 2.52 bits per heavy atom. The summed E-state index contributed by atoms with van der Waals surface area (Å²) in [7, 11) is 1.90. The van der Waals surface area contributed by atoms with Gasteiger partial charge in [-0.1, -0.05) is 6.08 Å². The largest absolute Gasteiger partial charge is 0.444 e. The van der Waals surface area contributed by atoms with Crippen LogP contribution in [-0.2, 0) is 18.3 Å². The molecular formula is C16H29N7O2. The molecule has 9 nitrogen and oxygen atoms in total. The molecule has 0 atom stereocenters. The molecule has 9 heteroatoms. The van der Waals surface area contributed by atoms with Crippen molar-refractivity contribution >= 4 is 12.1 Å². The lowest BCUT2D eigenvalue weighted by Crippen LogP contribution is -2.42. The molecule has 0 aliphatic heterocycles. The molecule has 1 aromatic heterocycles. The number of aromatic nitrogens is 3. The zero-order chi connectivity index (χ0) is 18.9. The first kappa shape index (κ1) is 20.5. The van der Waals surface area contributed by atoms with Crippen molar-refractivity contribution in [2.75, 3.05) is 19.6 Å². The molecule has 0 saturated carbocycles. The average Bonchev–Trinajstić information content (AvgIpc) is 2.83. The number of alkyl carbamates (subject to hydrolysis) is 1. The third kappa shape index (κ3) is 8.18. The molecule has 0 bridgehead atoms. The van der Waals surface area contributed by atoms with E-state index in [2.05, 4.69) is 37.7 Å². The van der Waals surface area contributed by atoms with Crippen molar-refractivity contribution in [2.45, 2.75) is 39.8 Å². The van der Waals surface area contributed by atoms with Gasteiger partial charge in [-0.25, -0.2) is 9.79 Å². The fourth-order valence-electron chi connectivity index (χ4n) is 1.74. The fourth-order valence-corrected chi connectivity index (χ4v) is 1.74. The Morgan fingerprint density at radius 1 is 1.28 bits per heavy atom. The topological polar surface area (TPSA) is 105 Å². The molecule has 0 aliphatic rings. The average molecular weight is 351 g/mol. The van der Waals surface area contributed by atoms with E-state index in [0.29, 0.717) is 32.1 Å². The van der Waals surface area contributed by atoms with E-state index in [9.17, 15) is 4.79 Å². The van der Waals surface area contributed by atoms with Crippen LogP contribution in [0.1, 0.15) is 32.4 Å². The fraction of sp³-hybridized carbons (Fsp3) is 0.625. The summed E-state index contributed by atoms with van der Waals surface area (Å²) in [6.45, 7) is 12.9. The molecule has 140 valence electrons. The molecular weight excluding hydrogens is 322 g/mol. The number of carbonyl (C=O) groups is 1. The van der Waals surface area contributed by atoms with Crippen LogP contribution in [0.2, 0.25) is 0 Å². The minimum absolute atomic E-state index is 0.392. The van der Waals surface area contributed by atoms with Crippen LogP contribution in [0.25, 0.3) is 0 Å². The smallest absolute Gasteiger partial charge is 0.407 e. The van der Waals surface area contributed by atoms with Gasteiger partial charge in [0.25, 0.3) is 0 Å². The number of hydrogen-bond donors (Lipinski definition) is 3. The summed E-state index contributed by atoms with van der Waals surface area (Å²) in [5.74, 6) is 2.20. The van der Waals surface area contributed by atoms with E-state index in [0.717, 1.165) is 11.6 Å². The van der Waals surface area contributed by atoms with E-state index in [4.69, 9.17) is 4.74 Å². The van der Waals surface area contributed by atoms with Crippen molar-refractivity contribution in [3.05, 3.63) is 24.3 Å². The van der Waals surface area contributed by atoms with Crippen LogP contribution >= 0.6 is 0 Å². The monoisotopic (exact) mass is 351 g/mol. The molecule has 0 aliphatic carbocycles. The summed E-state index contributed by atoms with van der Waals surface area (Å²) < 4.78 is 7.06. The molecule has 1 amide bonds. The van der Waals surface area contributed by atoms with Crippen LogP contribution in [0.4, 0.5) is 4.79 Å². The van der Waals surface area contributed by atoms with Crippen LogP contribution in [0.15, 0.2) is 17.6 Å². The molecule has 0 saturated heterocycles. The van der Waals surface area contributed by atoms with Gasteiger partial charge in [0.15, 0.2) is 11.8 Å². The molecule has 1 heterocycles. The van der Waals surface area contributed by atoms with Gasteiger partial charge in [-0.3, -0.25) is 0 Å². The van der Waals surface area contributed by atoms with Crippen molar-refractivity contribution in [3.63, 3.8) is 0 Å². The number of aryl methyl sites for hydroxylation is 1. The second kappa shape index (κ2) is 9.65. The number of nitrogens with zero attached hydrogens (tertiary/aromatic N) is 4. The number of ether oxygens (including phenoxy) is 1. The second-order valence-corrected chi connectivity index (χ2v) is 6.41. The van der Waals surface area contributed by atoms with Crippen molar-refractivity contribution in [1.82, 2.24) is 30.7 Å². The van der Waals surface area contributed by atoms with Crippen LogP contribution in [0, 0.1) is 6.92 Å². The highest BCUT2D eigenvalue weighted by Crippen LogP contribution is 2.06. The maximum Gasteiger partial charge on any atom is 0.407 e. The van der Waals surface area contributed by atoms with E-state index >= 15 is 0 Å². The molecule has 0 spiro atoms. The van der Waals surface area contributed by atoms with E-state index in [1.807, 2.05) is 39.3 Å². The van der Waals surface area contributed by atoms with Crippen molar-refractivity contribution < 1.29 is 9.53 Å². The predicted molar refractivity (Wildman–Crippen MR) is 97.3 cm³/mol. The number of rotatable bonds is 7. The Kier molecular flexibility index (Phi) is 7.90. The Bertz CT molecular complexity index is 602. The number of carbonyl (C=O) groups excluding carboxylic acids is 1. The first-order valence-corrected chi connectivity index (χ1v) is 8.17. The van der Waals surface area contributed by atoms with Crippen LogP contribution in [-0.4, -0.2) is 52.1 Å². The molecule has 1 aromatic rings. The minimum Gasteiger partial charge on any atom is -0.444 e. The summed E-state index contributed by atoms with van der Waals surface area (Å²) in [6.07, 6.45) is 1.30. The van der Waals surface area contributed by atoms with Gasteiger partial charge in [0.1, 0.15) is 18.0 Å². The van der Waals surface area contributed by atoms with Gasteiger partial charge < -0.3 is 25.3 Å². The summed E-state index contributed by atoms with van der Waals surface area (Å²) in [5.41, 5.74) is -0.510. The zero-order valence-electron chi connectivity index (χ0n) is 15.7. The Hall–Kier alpha value is -2.58. The second-order valence-electron chi connectivity index (χ2n) is 6.41. The first-order valence-electron chi connectivity index (χ1n) is 8.17. The van der Waals surface area contributed by atoms with Gasteiger partial charge in [-0.05, 0) is 27.7 Å². The van der Waals surface area contributed by atoms with Gasteiger partial charge >= 0.3 is 6.09 Å². The number of aliphatic imine (C=N–C) groups is 1. The quantitative estimate of drug-likeness (QED) is 0.291. The van der Waals surface area contributed by atoms with E-state index in [-0.39, 0.29) is 0 Å². The Balaban J connectivity index is 2.47. The summed E-state index contributed by atoms with van der Waals surface area (Å²) in [5, 5.41) is 17.0. The number of amides is 1. The molecule has 25 heavy (non-hydrogen) atoms. The Labute approximate surface area is 148 Å². The van der Waals surface area contributed by atoms with E-state index in [1.54, 1.807) is 6.08 Å². The van der Waals surface area contributed by atoms with Crippen LogP contribution < -0.4 is 16.0 Å². The number of nitrogens with one attached hydrogen (secondary N) is 3. The van der Waals surface area contributed by atoms with Gasteiger partial charge in [-0.2, -0.15) is 0 Å². The molecule has 1 rings (SSSR count). The number of guanidine groups is 1. The van der Waals surface area contributed by atoms with Crippen molar-refractivity contribution in [3.8, 4) is 0 Å². The van der Waals surface area contributed by atoms with Crippen molar-refractivity contribution in [2.24, 2.45) is 12.0 Å². The summed E-state index contributed by atoms with van der Waals surface area (Å²) in [4.78, 5) is 16.0. The highest BCUT2D eigenvalue weighted by molar-refractivity contribution is 5.80. The molecule has 0 aromatic carbocycles. The number of hydrogen-bond acceptors (Lipinski definition) is 5. The van der Waals surface area contributed by atoms with Gasteiger partial charge in [0.2, 0.25) is 0 Å². The maximum absolute atomic E-state index is 11.6. The lowest BCUT2D eigenvalue weighted by Gasteiger charge is -2.19. The lowest BCUT2D eigenvalue weighted by atomic mass is 10.2. The SMILES string of the molecule is C=CCNC(=NCc1nnc(C)n1C)NCCNC(=O)OC(C)(C)C. The lowest BCUT2D eigenvalue weighted by molar-refractivity contribution is 0.0529. The predicted octanol–water partition coefficient (Wildman–Crippen LogP) is 0.869. The Morgan fingerprint density at radius 2 is 1.96 bits per heavy atom. The first-order chi connectivity index (χ1) is 11.7. The van der Waals surface area contributed by atoms with E-state index in [1.165, 1.54) is 0 Å². The van der Waals surface area contributed by atoms with Crippen molar-refractivity contribution in [1.29, 1.82) is 0 Å². The normalized spacial score (nSPS) is 11.8. The maximum atomic E-state index is 11.6. The standard InChI is InChI=1S/C16H29N7O2/c1-7-8-17-14(20-11-13-22-21-12(2)23(13)6)18-9-10-19-15(24)25-16(3,4)5/h7H,1,8-11H2,2-6H3,(H,19,24)(H2,17,18,20). The highest BCUT2D eigenvalue weighted by atomic mass is 16.6. The van der Waals surface area contributed by atoms with Gasteiger partial charge in [0, 0.05) is 26.7 Å². The third-order valence-corrected chi connectivity index (χ3v) is 3.06. The van der Waals surface area contributed by atoms with Gasteiger partial charge in [0.05, 0.1) is 0 Å². The molecule has 0 radical (unpaired) electrons.